The molecule has 1 aliphatic heterocycles. The summed E-state index contributed by atoms with van der Waals surface area (Å²) in [5, 5.41) is 6.54. The number of hydrogen-bond acceptors (Lipinski definition) is 6. The molecule has 0 saturated carbocycles. The van der Waals surface area contributed by atoms with E-state index in [-0.39, 0.29) is 15.5 Å². The van der Waals surface area contributed by atoms with Gasteiger partial charge >= 0.3 is 0 Å². The lowest BCUT2D eigenvalue weighted by atomic mass is 10.2. The van der Waals surface area contributed by atoms with E-state index in [1.54, 1.807) is 29.6 Å². The number of aromatic nitrogens is 1. The van der Waals surface area contributed by atoms with E-state index in [2.05, 4.69) is 15.5 Å². The van der Waals surface area contributed by atoms with Crippen molar-refractivity contribution in [1.82, 2.24) is 9.29 Å². The Morgan fingerprint density at radius 2 is 1.97 bits per heavy atom. The van der Waals surface area contributed by atoms with Crippen LogP contribution in [0, 0.1) is 5.82 Å². The summed E-state index contributed by atoms with van der Waals surface area (Å²) in [6.45, 7) is 1.11. The van der Waals surface area contributed by atoms with Crippen LogP contribution >= 0.6 is 22.9 Å². The van der Waals surface area contributed by atoms with Crippen LogP contribution in [-0.4, -0.2) is 37.0 Å². The molecule has 1 aliphatic rings. The molecule has 1 fully saturated rings. The molecule has 2 aromatic carbocycles. The molecule has 0 unspecified atom stereocenters. The number of hydrazone groups is 1. The number of anilines is 1. The number of halogens is 2. The highest BCUT2D eigenvalue weighted by atomic mass is 35.5. The summed E-state index contributed by atoms with van der Waals surface area (Å²) in [5.74, 6) is -0.469. The first-order chi connectivity index (χ1) is 14.4. The molecule has 2 heterocycles. The molecule has 4 rings (SSSR count). The van der Waals surface area contributed by atoms with Crippen molar-refractivity contribution in [3.63, 3.8) is 0 Å². The Bertz CT molecular complexity index is 1170. The maximum Gasteiger partial charge on any atom is 0.243 e. The quantitative estimate of drug-likeness (QED) is 0.418. The first-order valence-electron chi connectivity index (χ1n) is 9.24. The molecule has 0 atom stereocenters. The Kier molecular flexibility index (Phi) is 6.14. The monoisotopic (exact) mass is 464 g/mol. The van der Waals surface area contributed by atoms with Gasteiger partial charge in [-0.3, -0.25) is 5.43 Å². The maximum atomic E-state index is 13.8. The SMILES string of the molecule is O=S(=O)(c1cccc(-c2csc(N/N=C/c3c(F)cccc3Cl)n2)c1)N1CCCC1. The molecular weight excluding hydrogens is 447 g/mol. The second-order valence-corrected chi connectivity index (χ2v) is 9.89. The van der Waals surface area contributed by atoms with E-state index < -0.39 is 15.8 Å². The molecule has 1 N–H and O–H groups in total. The molecule has 1 aromatic heterocycles. The van der Waals surface area contributed by atoms with Crippen LogP contribution in [0.3, 0.4) is 0 Å². The van der Waals surface area contributed by atoms with Crippen molar-refractivity contribution in [3.05, 3.63) is 64.2 Å². The molecule has 1 saturated heterocycles. The number of sulfonamides is 1. The predicted molar refractivity (Wildman–Crippen MR) is 118 cm³/mol. The van der Waals surface area contributed by atoms with Crippen LogP contribution in [0.5, 0.6) is 0 Å². The minimum atomic E-state index is -3.49. The fourth-order valence-electron chi connectivity index (χ4n) is 3.14. The summed E-state index contributed by atoms with van der Waals surface area (Å²) < 4.78 is 40.9. The van der Waals surface area contributed by atoms with Gasteiger partial charge in [0, 0.05) is 29.6 Å². The van der Waals surface area contributed by atoms with Crippen molar-refractivity contribution in [2.24, 2.45) is 5.10 Å². The number of nitrogens with zero attached hydrogens (tertiary/aromatic N) is 3. The van der Waals surface area contributed by atoms with Crippen LogP contribution in [0.15, 0.2) is 57.8 Å². The summed E-state index contributed by atoms with van der Waals surface area (Å²) in [6.07, 6.45) is 3.07. The molecule has 0 bridgehead atoms. The summed E-state index contributed by atoms with van der Waals surface area (Å²) in [4.78, 5) is 4.70. The van der Waals surface area contributed by atoms with Gasteiger partial charge in [0.15, 0.2) is 0 Å². The number of thiazole rings is 1. The first kappa shape index (κ1) is 20.9. The van der Waals surface area contributed by atoms with Crippen molar-refractivity contribution in [2.45, 2.75) is 17.7 Å². The van der Waals surface area contributed by atoms with Crippen LogP contribution in [0.1, 0.15) is 18.4 Å². The molecule has 3 aromatic rings. The van der Waals surface area contributed by atoms with E-state index in [0.29, 0.717) is 29.5 Å². The molecule has 10 heteroatoms. The Labute approximate surface area is 183 Å². The lowest BCUT2D eigenvalue weighted by Crippen LogP contribution is -2.27. The maximum absolute atomic E-state index is 13.8. The van der Waals surface area contributed by atoms with E-state index in [1.165, 1.54) is 34.0 Å². The molecule has 0 amide bonds. The number of hydrogen-bond donors (Lipinski definition) is 1. The Morgan fingerprint density at radius 3 is 2.73 bits per heavy atom. The van der Waals surface area contributed by atoms with Gasteiger partial charge in [0.05, 0.1) is 21.8 Å². The normalized spacial score (nSPS) is 15.1. The zero-order chi connectivity index (χ0) is 21.1. The molecule has 156 valence electrons. The highest BCUT2D eigenvalue weighted by molar-refractivity contribution is 7.89. The Balaban J connectivity index is 1.51. The topological polar surface area (TPSA) is 74.7 Å². The van der Waals surface area contributed by atoms with Gasteiger partial charge in [-0.05, 0) is 37.1 Å². The molecule has 30 heavy (non-hydrogen) atoms. The highest BCUT2D eigenvalue weighted by Gasteiger charge is 2.27. The third kappa shape index (κ3) is 4.39. The second-order valence-electron chi connectivity index (χ2n) is 6.68. The van der Waals surface area contributed by atoms with Crippen molar-refractivity contribution in [1.29, 1.82) is 0 Å². The summed E-state index contributed by atoms with van der Waals surface area (Å²) >= 11 is 7.27. The van der Waals surface area contributed by atoms with Crippen LogP contribution in [0.4, 0.5) is 9.52 Å². The third-order valence-corrected chi connectivity index (χ3v) is 7.66. The van der Waals surface area contributed by atoms with E-state index in [1.807, 2.05) is 6.07 Å². The largest absolute Gasteiger partial charge is 0.253 e. The van der Waals surface area contributed by atoms with Gasteiger partial charge in [-0.2, -0.15) is 9.41 Å². The highest BCUT2D eigenvalue weighted by Crippen LogP contribution is 2.28. The minimum Gasteiger partial charge on any atom is -0.253 e. The number of benzene rings is 2. The van der Waals surface area contributed by atoms with Crippen molar-refractivity contribution in [2.75, 3.05) is 18.5 Å². The zero-order valence-corrected chi connectivity index (χ0v) is 18.1. The average molecular weight is 465 g/mol. The number of rotatable bonds is 6. The zero-order valence-electron chi connectivity index (χ0n) is 15.8. The number of nitrogens with one attached hydrogen (secondary N) is 1. The van der Waals surface area contributed by atoms with E-state index in [9.17, 15) is 12.8 Å². The fraction of sp³-hybridized carbons (Fsp3) is 0.200. The molecule has 0 aliphatic carbocycles. The Hall–Kier alpha value is -2.33. The summed E-state index contributed by atoms with van der Waals surface area (Å²) in [5.41, 5.74) is 4.26. The Morgan fingerprint density at radius 1 is 1.20 bits per heavy atom. The average Bonchev–Trinajstić information content (AvgIpc) is 3.43. The summed E-state index contributed by atoms with van der Waals surface area (Å²) in [6, 6.07) is 11.2. The fourth-order valence-corrected chi connectivity index (χ4v) is 5.58. The van der Waals surface area contributed by atoms with Crippen molar-refractivity contribution in [3.8, 4) is 11.3 Å². The second kappa shape index (κ2) is 8.81. The van der Waals surface area contributed by atoms with Gasteiger partial charge in [0.25, 0.3) is 0 Å². The van der Waals surface area contributed by atoms with Crippen LogP contribution in [-0.2, 0) is 10.0 Å². The van der Waals surface area contributed by atoms with Gasteiger partial charge in [-0.1, -0.05) is 29.8 Å². The van der Waals surface area contributed by atoms with Gasteiger partial charge in [0.1, 0.15) is 5.82 Å². The van der Waals surface area contributed by atoms with Crippen molar-refractivity contribution >= 4 is 44.3 Å². The summed E-state index contributed by atoms with van der Waals surface area (Å²) in [7, 11) is -3.49. The first-order valence-corrected chi connectivity index (χ1v) is 11.9. The van der Waals surface area contributed by atoms with Crippen molar-refractivity contribution < 1.29 is 12.8 Å². The lowest BCUT2D eigenvalue weighted by molar-refractivity contribution is 0.477. The third-order valence-electron chi connectivity index (χ3n) is 4.69. The van der Waals surface area contributed by atoms with Crippen LogP contribution in [0.2, 0.25) is 5.02 Å². The van der Waals surface area contributed by atoms with Crippen LogP contribution < -0.4 is 5.43 Å². The molecular formula is C20H18ClFN4O2S2. The van der Waals surface area contributed by atoms with Crippen LogP contribution in [0.25, 0.3) is 11.3 Å². The molecule has 0 spiro atoms. The van der Waals surface area contributed by atoms with E-state index in [4.69, 9.17) is 11.6 Å². The molecule has 6 nitrogen and oxygen atoms in total. The van der Waals surface area contributed by atoms with E-state index in [0.717, 1.165) is 12.8 Å². The van der Waals surface area contributed by atoms with Gasteiger partial charge in [-0.15, -0.1) is 11.3 Å². The molecule has 0 radical (unpaired) electrons. The predicted octanol–water partition coefficient (Wildman–Crippen LogP) is 4.83. The standard InChI is InChI=1S/C20H18ClFN4O2S2/c21-17-7-4-8-18(22)16(17)12-23-25-20-24-19(13-29-20)14-5-3-6-15(11-14)30(27,28)26-9-1-2-10-26/h3-8,11-13H,1-2,9-10H2,(H,24,25)/b23-12+. The van der Waals surface area contributed by atoms with E-state index >= 15 is 0 Å². The minimum absolute atomic E-state index is 0.184. The van der Waals surface area contributed by atoms with Gasteiger partial charge in [-0.25, -0.2) is 17.8 Å². The smallest absolute Gasteiger partial charge is 0.243 e. The van der Waals surface area contributed by atoms with Gasteiger partial charge < -0.3 is 0 Å². The van der Waals surface area contributed by atoms with Gasteiger partial charge in [0.2, 0.25) is 15.2 Å². The lowest BCUT2D eigenvalue weighted by Gasteiger charge is -2.15.